The van der Waals surface area contributed by atoms with E-state index in [2.05, 4.69) is 30.9 Å². The summed E-state index contributed by atoms with van der Waals surface area (Å²) >= 11 is 0. The van der Waals surface area contributed by atoms with Crippen LogP contribution in [0.2, 0.25) is 0 Å². The molecule has 2 atom stereocenters. The Morgan fingerprint density at radius 2 is 2.19 bits per heavy atom. The second kappa shape index (κ2) is 6.60. The van der Waals surface area contributed by atoms with Crippen molar-refractivity contribution in [1.82, 2.24) is 10.1 Å². The molecule has 92 valence electrons. The summed E-state index contributed by atoms with van der Waals surface area (Å²) in [5, 5.41) is 3.83. The SMILES string of the molecule is CCCOCc1noc(C(N)C(C)CC)n1. The molecule has 1 heterocycles. The second-order valence-electron chi connectivity index (χ2n) is 4.01. The number of hydrogen-bond acceptors (Lipinski definition) is 5. The maximum atomic E-state index is 5.98. The molecular formula is C11H21N3O2. The molecule has 0 saturated heterocycles. The molecule has 1 aromatic heterocycles. The van der Waals surface area contributed by atoms with Gasteiger partial charge in [0.05, 0.1) is 6.04 Å². The third kappa shape index (κ3) is 3.57. The van der Waals surface area contributed by atoms with Crippen molar-refractivity contribution in [2.45, 2.75) is 46.3 Å². The van der Waals surface area contributed by atoms with Gasteiger partial charge in [-0.25, -0.2) is 0 Å². The number of ether oxygens (including phenoxy) is 1. The molecule has 0 aromatic carbocycles. The molecule has 0 saturated carbocycles. The average Bonchev–Trinajstić information content (AvgIpc) is 2.76. The number of nitrogens with two attached hydrogens (primary N) is 1. The Balaban J connectivity index is 2.50. The molecule has 2 unspecified atom stereocenters. The standard InChI is InChI=1S/C11H21N3O2/c1-4-6-15-7-9-13-11(16-14-9)10(12)8(3)5-2/h8,10H,4-7,12H2,1-3H3. The Labute approximate surface area is 96.4 Å². The van der Waals surface area contributed by atoms with Crippen LogP contribution in [0.15, 0.2) is 4.52 Å². The van der Waals surface area contributed by atoms with Crippen LogP contribution in [0.5, 0.6) is 0 Å². The molecule has 1 aromatic rings. The van der Waals surface area contributed by atoms with E-state index in [4.69, 9.17) is 15.0 Å². The van der Waals surface area contributed by atoms with Crippen molar-refractivity contribution in [3.63, 3.8) is 0 Å². The molecule has 2 N–H and O–H groups in total. The van der Waals surface area contributed by atoms with Gasteiger partial charge in [-0.2, -0.15) is 4.98 Å². The molecule has 0 amide bonds. The summed E-state index contributed by atoms with van der Waals surface area (Å²) in [5.74, 6) is 1.41. The van der Waals surface area contributed by atoms with E-state index in [0.29, 0.717) is 30.8 Å². The van der Waals surface area contributed by atoms with Gasteiger partial charge < -0.3 is 15.0 Å². The molecule has 0 aliphatic heterocycles. The molecule has 0 fully saturated rings. The van der Waals surface area contributed by atoms with E-state index in [-0.39, 0.29) is 6.04 Å². The minimum atomic E-state index is -0.183. The van der Waals surface area contributed by atoms with E-state index < -0.39 is 0 Å². The minimum Gasteiger partial charge on any atom is -0.373 e. The first-order valence-corrected chi connectivity index (χ1v) is 5.84. The fourth-order valence-corrected chi connectivity index (χ4v) is 1.27. The van der Waals surface area contributed by atoms with Crippen LogP contribution in [0.1, 0.15) is 51.4 Å². The number of hydrogen-bond donors (Lipinski definition) is 1. The van der Waals surface area contributed by atoms with Crippen LogP contribution in [0, 0.1) is 5.92 Å². The molecule has 16 heavy (non-hydrogen) atoms. The maximum absolute atomic E-state index is 5.98. The average molecular weight is 227 g/mol. The summed E-state index contributed by atoms with van der Waals surface area (Å²) in [7, 11) is 0. The summed E-state index contributed by atoms with van der Waals surface area (Å²) < 4.78 is 10.4. The van der Waals surface area contributed by atoms with Crippen LogP contribution in [0.4, 0.5) is 0 Å². The lowest BCUT2D eigenvalue weighted by Crippen LogP contribution is -2.18. The monoisotopic (exact) mass is 227 g/mol. The van der Waals surface area contributed by atoms with Crippen LogP contribution in [-0.2, 0) is 11.3 Å². The summed E-state index contributed by atoms with van der Waals surface area (Å²) in [6.07, 6.45) is 1.97. The van der Waals surface area contributed by atoms with Gasteiger partial charge in [-0.1, -0.05) is 32.3 Å². The number of nitrogens with zero attached hydrogens (tertiary/aromatic N) is 2. The van der Waals surface area contributed by atoms with E-state index in [0.717, 1.165) is 12.8 Å². The highest BCUT2D eigenvalue weighted by Crippen LogP contribution is 2.19. The molecule has 0 radical (unpaired) electrons. The Morgan fingerprint density at radius 3 is 2.81 bits per heavy atom. The maximum Gasteiger partial charge on any atom is 0.243 e. The molecule has 0 bridgehead atoms. The molecule has 0 aliphatic rings. The van der Waals surface area contributed by atoms with Gasteiger partial charge in [-0.3, -0.25) is 0 Å². The van der Waals surface area contributed by atoms with E-state index in [1.165, 1.54) is 0 Å². The quantitative estimate of drug-likeness (QED) is 0.721. The summed E-state index contributed by atoms with van der Waals surface area (Å²) in [6.45, 7) is 7.32. The lowest BCUT2D eigenvalue weighted by atomic mass is 10.0. The van der Waals surface area contributed by atoms with E-state index >= 15 is 0 Å². The van der Waals surface area contributed by atoms with Crippen molar-refractivity contribution < 1.29 is 9.26 Å². The zero-order chi connectivity index (χ0) is 12.0. The summed E-state index contributed by atoms with van der Waals surface area (Å²) in [5.41, 5.74) is 5.98. The first-order chi connectivity index (χ1) is 7.69. The van der Waals surface area contributed by atoms with Crippen LogP contribution in [0.25, 0.3) is 0 Å². The van der Waals surface area contributed by atoms with Gasteiger partial charge in [-0.05, 0) is 12.3 Å². The van der Waals surface area contributed by atoms with E-state index in [1.807, 2.05) is 0 Å². The predicted octanol–water partition coefficient (Wildman–Crippen LogP) is 2.04. The fraction of sp³-hybridized carbons (Fsp3) is 0.818. The Morgan fingerprint density at radius 1 is 1.44 bits per heavy atom. The lowest BCUT2D eigenvalue weighted by molar-refractivity contribution is 0.114. The molecule has 5 nitrogen and oxygen atoms in total. The lowest BCUT2D eigenvalue weighted by Gasteiger charge is -2.12. The van der Waals surface area contributed by atoms with Gasteiger partial charge in [0, 0.05) is 6.61 Å². The largest absolute Gasteiger partial charge is 0.373 e. The van der Waals surface area contributed by atoms with Crippen molar-refractivity contribution in [2.75, 3.05) is 6.61 Å². The molecule has 0 aliphatic carbocycles. The minimum absolute atomic E-state index is 0.183. The Hall–Kier alpha value is -0.940. The Bertz CT molecular complexity index is 301. The number of aromatic nitrogens is 2. The van der Waals surface area contributed by atoms with Crippen LogP contribution < -0.4 is 5.73 Å². The molecular weight excluding hydrogens is 206 g/mol. The summed E-state index contributed by atoms with van der Waals surface area (Å²) in [4.78, 5) is 4.22. The first-order valence-electron chi connectivity index (χ1n) is 5.84. The van der Waals surface area contributed by atoms with Gasteiger partial charge in [0.2, 0.25) is 5.89 Å². The highest BCUT2D eigenvalue weighted by atomic mass is 16.5. The summed E-state index contributed by atoms with van der Waals surface area (Å²) in [6, 6.07) is -0.183. The van der Waals surface area contributed by atoms with Gasteiger partial charge in [0.15, 0.2) is 5.82 Å². The van der Waals surface area contributed by atoms with Gasteiger partial charge in [0.1, 0.15) is 6.61 Å². The highest BCUT2D eigenvalue weighted by molar-refractivity contribution is 4.92. The zero-order valence-electron chi connectivity index (χ0n) is 10.3. The Kier molecular flexibility index (Phi) is 5.42. The third-order valence-corrected chi connectivity index (χ3v) is 2.61. The normalized spacial score (nSPS) is 15.0. The molecule has 1 rings (SSSR count). The zero-order valence-corrected chi connectivity index (χ0v) is 10.3. The van der Waals surface area contributed by atoms with Crippen LogP contribution >= 0.6 is 0 Å². The van der Waals surface area contributed by atoms with Crippen LogP contribution in [-0.4, -0.2) is 16.7 Å². The van der Waals surface area contributed by atoms with Crippen molar-refractivity contribution in [3.8, 4) is 0 Å². The highest BCUT2D eigenvalue weighted by Gasteiger charge is 2.19. The second-order valence-corrected chi connectivity index (χ2v) is 4.01. The first kappa shape index (κ1) is 13.1. The molecule has 0 spiro atoms. The van der Waals surface area contributed by atoms with Gasteiger partial charge in [0.25, 0.3) is 0 Å². The topological polar surface area (TPSA) is 74.2 Å². The van der Waals surface area contributed by atoms with Crippen LogP contribution in [0.3, 0.4) is 0 Å². The smallest absolute Gasteiger partial charge is 0.243 e. The third-order valence-electron chi connectivity index (χ3n) is 2.61. The molecule has 5 heteroatoms. The van der Waals surface area contributed by atoms with Gasteiger partial charge in [-0.15, -0.1) is 0 Å². The van der Waals surface area contributed by atoms with Gasteiger partial charge >= 0.3 is 0 Å². The fourth-order valence-electron chi connectivity index (χ4n) is 1.27. The van der Waals surface area contributed by atoms with Crippen molar-refractivity contribution in [2.24, 2.45) is 11.7 Å². The van der Waals surface area contributed by atoms with Crippen molar-refractivity contribution in [1.29, 1.82) is 0 Å². The predicted molar refractivity (Wildman–Crippen MR) is 60.6 cm³/mol. The van der Waals surface area contributed by atoms with Crippen molar-refractivity contribution >= 4 is 0 Å². The van der Waals surface area contributed by atoms with E-state index in [9.17, 15) is 0 Å². The van der Waals surface area contributed by atoms with Crippen molar-refractivity contribution in [3.05, 3.63) is 11.7 Å². The number of rotatable bonds is 7. The van der Waals surface area contributed by atoms with E-state index in [1.54, 1.807) is 0 Å².